The van der Waals surface area contributed by atoms with E-state index in [-0.39, 0.29) is 0 Å². The SMILES string of the molecule is CN1CCCC1COC1CNC1. The molecule has 1 unspecified atom stereocenters. The molecular weight excluding hydrogens is 152 g/mol. The van der Waals surface area contributed by atoms with Gasteiger partial charge in [0.1, 0.15) is 0 Å². The summed E-state index contributed by atoms with van der Waals surface area (Å²) in [5, 5.41) is 3.21. The lowest BCUT2D eigenvalue weighted by atomic mass is 10.2. The number of hydrogen-bond donors (Lipinski definition) is 1. The highest BCUT2D eigenvalue weighted by Crippen LogP contribution is 2.15. The molecule has 0 spiro atoms. The van der Waals surface area contributed by atoms with Gasteiger partial charge in [0, 0.05) is 19.1 Å². The molecule has 0 aromatic carbocycles. The predicted molar refractivity (Wildman–Crippen MR) is 48.3 cm³/mol. The summed E-state index contributed by atoms with van der Waals surface area (Å²) in [6, 6.07) is 0.686. The minimum atomic E-state index is 0.499. The van der Waals surface area contributed by atoms with Gasteiger partial charge in [-0.3, -0.25) is 0 Å². The molecule has 2 rings (SSSR count). The van der Waals surface area contributed by atoms with Gasteiger partial charge in [-0.1, -0.05) is 0 Å². The normalized spacial score (nSPS) is 32.2. The Morgan fingerprint density at radius 1 is 1.50 bits per heavy atom. The molecule has 1 atom stereocenters. The van der Waals surface area contributed by atoms with E-state index in [1.807, 2.05) is 0 Å². The summed E-state index contributed by atoms with van der Waals surface area (Å²) in [5.74, 6) is 0. The van der Waals surface area contributed by atoms with Crippen molar-refractivity contribution in [3.8, 4) is 0 Å². The molecule has 2 aliphatic rings. The van der Waals surface area contributed by atoms with Gasteiger partial charge in [0.15, 0.2) is 0 Å². The number of nitrogens with one attached hydrogen (secondary N) is 1. The summed E-state index contributed by atoms with van der Waals surface area (Å²) >= 11 is 0. The number of rotatable bonds is 3. The van der Waals surface area contributed by atoms with Gasteiger partial charge in [-0.05, 0) is 26.4 Å². The topological polar surface area (TPSA) is 24.5 Å². The molecule has 2 aliphatic heterocycles. The Kier molecular flexibility index (Phi) is 2.63. The molecule has 0 radical (unpaired) electrons. The second-order valence-corrected chi connectivity index (χ2v) is 3.89. The van der Waals surface area contributed by atoms with E-state index in [0.29, 0.717) is 12.1 Å². The van der Waals surface area contributed by atoms with Crippen molar-refractivity contribution in [3.05, 3.63) is 0 Å². The van der Waals surface area contributed by atoms with Gasteiger partial charge < -0.3 is 15.0 Å². The highest BCUT2D eigenvalue weighted by atomic mass is 16.5. The van der Waals surface area contributed by atoms with Gasteiger partial charge in [0.05, 0.1) is 12.7 Å². The Hall–Kier alpha value is -0.120. The molecule has 0 amide bonds. The van der Waals surface area contributed by atoms with Crippen molar-refractivity contribution >= 4 is 0 Å². The van der Waals surface area contributed by atoms with E-state index in [1.165, 1.54) is 19.4 Å². The molecule has 3 nitrogen and oxygen atoms in total. The maximum absolute atomic E-state index is 5.73. The minimum absolute atomic E-state index is 0.499. The van der Waals surface area contributed by atoms with Crippen molar-refractivity contribution in [1.29, 1.82) is 0 Å². The molecule has 2 heterocycles. The monoisotopic (exact) mass is 170 g/mol. The Balaban J connectivity index is 1.64. The summed E-state index contributed by atoms with van der Waals surface area (Å²) in [7, 11) is 2.19. The molecule has 1 N–H and O–H groups in total. The van der Waals surface area contributed by atoms with E-state index in [1.54, 1.807) is 0 Å². The molecule has 0 aliphatic carbocycles. The first-order chi connectivity index (χ1) is 5.86. The van der Waals surface area contributed by atoms with Crippen molar-refractivity contribution in [2.24, 2.45) is 0 Å². The zero-order chi connectivity index (χ0) is 8.39. The van der Waals surface area contributed by atoms with Gasteiger partial charge in [-0.2, -0.15) is 0 Å². The number of ether oxygens (including phenoxy) is 1. The van der Waals surface area contributed by atoms with Gasteiger partial charge in [0.2, 0.25) is 0 Å². The lowest BCUT2D eigenvalue weighted by Gasteiger charge is -2.29. The smallest absolute Gasteiger partial charge is 0.0824 e. The van der Waals surface area contributed by atoms with Crippen LogP contribution in [-0.4, -0.2) is 50.3 Å². The zero-order valence-electron chi connectivity index (χ0n) is 7.75. The third kappa shape index (κ3) is 1.79. The van der Waals surface area contributed by atoms with Crippen LogP contribution in [0.2, 0.25) is 0 Å². The first-order valence-electron chi connectivity index (χ1n) is 4.89. The summed E-state index contributed by atoms with van der Waals surface area (Å²) in [6.45, 7) is 4.28. The van der Waals surface area contributed by atoms with Crippen LogP contribution in [0.15, 0.2) is 0 Å². The number of likely N-dealkylation sites (N-methyl/N-ethyl adjacent to an activating group) is 1. The Labute approximate surface area is 74.1 Å². The molecule has 0 aromatic heterocycles. The maximum Gasteiger partial charge on any atom is 0.0824 e. The highest BCUT2D eigenvalue weighted by molar-refractivity contribution is 4.79. The molecule has 0 bridgehead atoms. The molecule has 2 saturated heterocycles. The fourth-order valence-electron chi connectivity index (χ4n) is 1.82. The van der Waals surface area contributed by atoms with Crippen LogP contribution in [0.5, 0.6) is 0 Å². The van der Waals surface area contributed by atoms with Crippen molar-refractivity contribution in [2.45, 2.75) is 25.0 Å². The van der Waals surface area contributed by atoms with Crippen LogP contribution >= 0.6 is 0 Å². The van der Waals surface area contributed by atoms with Crippen LogP contribution in [0.4, 0.5) is 0 Å². The lowest BCUT2D eigenvalue weighted by molar-refractivity contribution is -0.00451. The van der Waals surface area contributed by atoms with Crippen LogP contribution in [0, 0.1) is 0 Å². The van der Waals surface area contributed by atoms with E-state index < -0.39 is 0 Å². The molecule has 0 aromatic rings. The highest BCUT2D eigenvalue weighted by Gasteiger charge is 2.24. The second-order valence-electron chi connectivity index (χ2n) is 3.89. The van der Waals surface area contributed by atoms with E-state index in [0.717, 1.165) is 19.7 Å². The lowest BCUT2D eigenvalue weighted by Crippen LogP contribution is -2.49. The number of likely N-dealkylation sites (tertiary alicyclic amines) is 1. The summed E-state index contributed by atoms with van der Waals surface area (Å²) in [6.07, 6.45) is 3.16. The van der Waals surface area contributed by atoms with Crippen molar-refractivity contribution in [3.63, 3.8) is 0 Å². The molecule has 12 heavy (non-hydrogen) atoms. The summed E-state index contributed by atoms with van der Waals surface area (Å²) in [4.78, 5) is 2.41. The molecule has 70 valence electrons. The minimum Gasteiger partial charge on any atom is -0.374 e. The molecular formula is C9H18N2O. The first-order valence-corrected chi connectivity index (χ1v) is 4.89. The fourth-order valence-corrected chi connectivity index (χ4v) is 1.82. The van der Waals surface area contributed by atoms with Gasteiger partial charge in [0.25, 0.3) is 0 Å². The van der Waals surface area contributed by atoms with Crippen LogP contribution < -0.4 is 5.32 Å². The van der Waals surface area contributed by atoms with Gasteiger partial charge in [-0.15, -0.1) is 0 Å². The Morgan fingerprint density at radius 3 is 2.83 bits per heavy atom. The van der Waals surface area contributed by atoms with Crippen LogP contribution in [-0.2, 0) is 4.74 Å². The first kappa shape index (κ1) is 8.48. The maximum atomic E-state index is 5.73. The van der Waals surface area contributed by atoms with Crippen LogP contribution in [0.3, 0.4) is 0 Å². The van der Waals surface area contributed by atoms with E-state index >= 15 is 0 Å². The number of nitrogens with zero attached hydrogens (tertiary/aromatic N) is 1. The van der Waals surface area contributed by atoms with Gasteiger partial charge in [-0.25, -0.2) is 0 Å². The average Bonchev–Trinajstić information content (AvgIpc) is 2.33. The zero-order valence-corrected chi connectivity index (χ0v) is 7.75. The molecule has 2 fully saturated rings. The average molecular weight is 170 g/mol. The Bertz CT molecular complexity index is 147. The summed E-state index contributed by atoms with van der Waals surface area (Å²) in [5.41, 5.74) is 0. The van der Waals surface area contributed by atoms with E-state index in [9.17, 15) is 0 Å². The van der Waals surface area contributed by atoms with Crippen molar-refractivity contribution in [2.75, 3.05) is 33.3 Å². The molecule has 3 heteroatoms. The van der Waals surface area contributed by atoms with E-state index in [4.69, 9.17) is 4.74 Å². The number of hydrogen-bond acceptors (Lipinski definition) is 3. The summed E-state index contributed by atoms with van der Waals surface area (Å²) < 4.78 is 5.73. The third-order valence-corrected chi connectivity index (χ3v) is 2.94. The van der Waals surface area contributed by atoms with Crippen LogP contribution in [0.25, 0.3) is 0 Å². The van der Waals surface area contributed by atoms with Crippen molar-refractivity contribution in [1.82, 2.24) is 10.2 Å². The van der Waals surface area contributed by atoms with Crippen LogP contribution in [0.1, 0.15) is 12.8 Å². The standard InChI is InChI=1S/C9H18N2O/c1-11-4-2-3-8(11)7-12-9-5-10-6-9/h8-10H,2-7H2,1H3. The largest absolute Gasteiger partial charge is 0.374 e. The second kappa shape index (κ2) is 3.73. The van der Waals surface area contributed by atoms with E-state index in [2.05, 4.69) is 17.3 Å². The third-order valence-electron chi connectivity index (χ3n) is 2.94. The van der Waals surface area contributed by atoms with Gasteiger partial charge >= 0.3 is 0 Å². The predicted octanol–water partition coefficient (Wildman–Crippen LogP) is 0.0690. The fraction of sp³-hybridized carbons (Fsp3) is 1.00. The molecule has 0 saturated carbocycles. The Morgan fingerprint density at radius 2 is 2.33 bits per heavy atom. The quantitative estimate of drug-likeness (QED) is 0.648. The van der Waals surface area contributed by atoms with Crippen molar-refractivity contribution < 1.29 is 4.74 Å².